The lowest BCUT2D eigenvalue weighted by atomic mass is 9.81. The van der Waals surface area contributed by atoms with E-state index in [1.807, 2.05) is 0 Å². The molecule has 1 atom stereocenters. The molecule has 1 amide bonds. The maximum atomic E-state index is 11.8. The molecule has 0 radical (unpaired) electrons. The van der Waals surface area contributed by atoms with Gasteiger partial charge in [0, 0.05) is 12.3 Å². The molecule has 0 aliphatic rings. The van der Waals surface area contributed by atoms with Crippen LogP contribution in [-0.4, -0.2) is 32.4 Å². The Kier molecular flexibility index (Phi) is 6.72. The van der Waals surface area contributed by atoms with Crippen molar-refractivity contribution >= 4 is 15.7 Å². The molecule has 0 aromatic carbocycles. The number of hydrogen-bond donors (Lipinski definition) is 1. The van der Waals surface area contributed by atoms with Crippen LogP contribution < -0.4 is 5.32 Å². The highest BCUT2D eigenvalue weighted by Crippen LogP contribution is 2.27. The van der Waals surface area contributed by atoms with E-state index in [1.54, 1.807) is 0 Å². The van der Waals surface area contributed by atoms with Crippen molar-refractivity contribution < 1.29 is 13.2 Å². The Morgan fingerprint density at radius 3 is 1.95 bits per heavy atom. The highest BCUT2D eigenvalue weighted by Gasteiger charge is 2.27. The molecular weight excluding hydrogens is 274 g/mol. The molecule has 0 aromatic heterocycles. The zero-order chi connectivity index (χ0) is 16.2. The van der Waals surface area contributed by atoms with Crippen LogP contribution >= 0.6 is 0 Å². The van der Waals surface area contributed by atoms with E-state index in [-0.39, 0.29) is 16.9 Å². The van der Waals surface area contributed by atoms with Crippen LogP contribution in [0.3, 0.4) is 0 Å². The lowest BCUT2D eigenvalue weighted by Crippen LogP contribution is -2.45. The van der Waals surface area contributed by atoms with Gasteiger partial charge in [0.2, 0.25) is 5.91 Å². The SMILES string of the molecule is CC(C)(C)CCCC(NC(=O)CS(C)(=O)=O)C(C)(C)C. The van der Waals surface area contributed by atoms with Gasteiger partial charge in [-0.15, -0.1) is 0 Å². The van der Waals surface area contributed by atoms with Crippen molar-refractivity contribution in [2.45, 2.75) is 66.8 Å². The summed E-state index contributed by atoms with van der Waals surface area (Å²) in [5, 5.41) is 2.88. The fraction of sp³-hybridized carbons (Fsp3) is 0.933. The molecule has 0 saturated heterocycles. The number of hydrogen-bond acceptors (Lipinski definition) is 3. The molecule has 0 aromatic rings. The van der Waals surface area contributed by atoms with E-state index in [9.17, 15) is 13.2 Å². The summed E-state index contributed by atoms with van der Waals surface area (Å²) in [6.45, 7) is 12.8. The summed E-state index contributed by atoms with van der Waals surface area (Å²) >= 11 is 0. The molecule has 1 unspecified atom stereocenters. The lowest BCUT2D eigenvalue weighted by Gasteiger charge is -2.32. The van der Waals surface area contributed by atoms with Gasteiger partial charge in [0.25, 0.3) is 0 Å². The Labute approximate surface area is 124 Å². The van der Waals surface area contributed by atoms with Gasteiger partial charge < -0.3 is 5.32 Å². The second-order valence-electron chi connectivity index (χ2n) is 8.01. The third-order valence-electron chi connectivity index (χ3n) is 3.19. The fourth-order valence-electron chi connectivity index (χ4n) is 2.03. The molecule has 0 aliphatic heterocycles. The highest BCUT2D eigenvalue weighted by atomic mass is 32.2. The minimum absolute atomic E-state index is 0.000833. The van der Waals surface area contributed by atoms with Crippen LogP contribution in [0.2, 0.25) is 0 Å². The molecule has 0 fully saturated rings. The number of carbonyl (C=O) groups excluding carboxylic acids is 1. The average Bonchev–Trinajstić information content (AvgIpc) is 2.09. The van der Waals surface area contributed by atoms with E-state index in [0.717, 1.165) is 25.5 Å². The smallest absolute Gasteiger partial charge is 0.235 e. The van der Waals surface area contributed by atoms with Crippen LogP contribution in [0, 0.1) is 10.8 Å². The van der Waals surface area contributed by atoms with Crippen molar-refractivity contribution in [2.75, 3.05) is 12.0 Å². The van der Waals surface area contributed by atoms with E-state index in [2.05, 4.69) is 46.9 Å². The molecule has 5 heteroatoms. The third-order valence-corrected chi connectivity index (χ3v) is 3.98. The van der Waals surface area contributed by atoms with Gasteiger partial charge in [-0.1, -0.05) is 48.0 Å². The van der Waals surface area contributed by atoms with Gasteiger partial charge in [0.15, 0.2) is 9.84 Å². The van der Waals surface area contributed by atoms with Gasteiger partial charge in [0.05, 0.1) is 0 Å². The maximum absolute atomic E-state index is 11.8. The van der Waals surface area contributed by atoms with Gasteiger partial charge in [-0.3, -0.25) is 4.79 Å². The van der Waals surface area contributed by atoms with E-state index < -0.39 is 21.5 Å². The first-order valence-electron chi connectivity index (χ1n) is 7.18. The molecule has 0 spiro atoms. The van der Waals surface area contributed by atoms with Crippen LogP contribution in [0.25, 0.3) is 0 Å². The minimum atomic E-state index is -3.27. The number of carbonyl (C=O) groups is 1. The van der Waals surface area contributed by atoms with Crippen LogP contribution in [0.5, 0.6) is 0 Å². The Morgan fingerprint density at radius 1 is 1.10 bits per heavy atom. The van der Waals surface area contributed by atoms with Crippen molar-refractivity contribution in [2.24, 2.45) is 10.8 Å². The normalized spacial score (nSPS) is 14.9. The summed E-state index contributed by atoms with van der Waals surface area (Å²) < 4.78 is 22.3. The second-order valence-corrected chi connectivity index (χ2v) is 10.1. The number of sulfone groups is 1. The van der Waals surface area contributed by atoms with Gasteiger partial charge in [-0.2, -0.15) is 0 Å². The molecule has 0 bridgehead atoms. The van der Waals surface area contributed by atoms with Crippen LogP contribution in [0.4, 0.5) is 0 Å². The second kappa shape index (κ2) is 6.92. The third kappa shape index (κ3) is 10.2. The van der Waals surface area contributed by atoms with E-state index in [1.165, 1.54) is 0 Å². The molecule has 1 N–H and O–H groups in total. The summed E-state index contributed by atoms with van der Waals surface area (Å²) in [4.78, 5) is 11.8. The van der Waals surface area contributed by atoms with Gasteiger partial charge in [0.1, 0.15) is 5.75 Å². The zero-order valence-electron chi connectivity index (χ0n) is 14.0. The monoisotopic (exact) mass is 305 g/mol. The Hall–Kier alpha value is -0.580. The summed E-state index contributed by atoms with van der Waals surface area (Å²) in [5.41, 5.74) is 0.199. The first-order valence-corrected chi connectivity index (χ1v) is 9.24. The first-order chi connectivity index (χ1) is 8.71. The number of rotatable bonds is 6. The highest BCUT2D eigenvalue weighted by molar-refractivity contribution is 7.91. The molecule has 4 nitrogen and oxygen atoms in total. The summed E-state index contributed by atoms with van der Waals surface area (Å²) in [5.74, 6) is -0.832. The van der Waals surface area contributed by atoms with Gasteiger partial charge in [-0.25, -0.2) is 8.42 Å². The minimum Gasteiger partial charge on any atom is -0.352 e. The largest absolute Gasteiger partial charge is 0.352 e. The Balaban J connectivity index is 4.56. The number of amides is 1. The van der Waals surface area contributed by atoms with E-state index >= 15 is 0 Å². The fourth-order valence-corrected chi connectivity index (χ4v) is 2.59. The topological polar surface area (TPSA) is 63.2 Å². The molecule has 0 heterocycles. The molecule has 120 valence electrons. The Bertz CT molecular complexity index is 413. The molecule has 0 aliphatic carbocycles. The maximum Gasteiger partial charge on any atom is 0.235 e. The zero-order valence-corrected chi connectivity index (χ0v) is 14.9. The first kappa shape index (κ1) is 19.4. The van der Waals surface area contributed by atoms with Gasteiger partial charge >= 0.3 is 0 Å². The average molecular weight is 305 g/mol. The standard InChI is InChI=1S/C15H31NO3S/c1-14(2,3)10-8-9-12(15(4,5)6)16-13(17)11-20(7,18)19/h12H,8-11H2,1-7H3,(H,16,17). The van der Waals surface area contributed by atoms with Crippen LogP contribution in [0.15, 0.2) is 0 Å². The Morgan fingerprint density at radius 2 is 1.60 bits per heavy atom. The number of nitrogens with one attached hydrogen (secondary N) is 1. The van der Waals surface area contributed by atoms with Crippen molar-refractivity contribution in [3.8, 4) is 0 Å². The molecule has 20 heavy (non-hydrogen) atoms. The molecule has 0 saturated carbocycles. The van der Waals surface area contributed by atoms with Gasteiger partial charge in [-0.05, 0) is 23.7 Å². The van der Waals surface area contributed by atoms with Crippen LogP contribution in [-0.2, 0) is 14.6 Å². The molecule has 0 rings (SSSR count). The molecular formula is C15H31NO3S. The van der Waals surface area contributed by atoms with Crippen molar-refractivity contribution in [1.29, 1.82) is 0 Å². The van der Waals surface area contributed by atoms with E-state index in [4.69, 9.17) is 0 Å². The van der Waals surface area contributed by atoms with Crippen LogP contribution in [0.1, 0.15) is 60.8 Å². The predicted octanol–water partition coefficient (Wildman–Crippen LogP) is 2.78. The predicted molar refractivity (Wildman–Crippen MR) is 84.4 cm³/mol. The van der Waals surface area contributed by atoms with Crippen molar-refractivity contribution in [1.82, 2.24) is 5.32 Å². The van der Waals surface area contributed by atoms with Crippen molar-refractivity contribution in [3.05, 3.63) is 0 Å². The summed E-state index contributed by atoms with van der Waals surface area (Å²) in [6, 6.07) is -0.000833. The lowest BCUT2D eigenvalue weighted by molar-refractivity contribution is -0.120. The van der Waals surface area contributed by atoms with Crippen molar-refractivity contribution in [3.63, 3.8) is 0 Å². The summed E-state index contributed by atoms with van der Waals surface area (Å²) in [6.07, 6.45) is 4.06. The quantitative estimate of drug-likeness (QED) is 0.820. The van der Waals surface area contributed by atoms with E-state index in [0.29, 0.717) is 0 Å². The summed E-state index contributed by atoms with van der Waals surface area (Å²) in [7, 11) is -3.27.